The predicted molar refractivity (Wildman–Crippen MR) is 81.3 cm³/mol. The average Bonchev–Trinajstić information content (AvgIpc) is 2.56. The van der Waals surface area contributed by atoms with Gasteiger partial charge in [0.05, 0.1) is 11.1 Å². The molecule has 0 spiro atoms. The van der Waals surface area contributed by atoms with Crippen LogP contribution in [0.25, 0.3) is 10.8 Å². The second-order valence-corrected chi connectivity index (χ2v) is 5.88. The van der Waals surface area contributed by atoms with Crippen molar-refractivity contribution in [3.05, 3.63) is 47.5 Å². The fraction of sp³-hybridized carbons (Fsp3) is 0.222. The maximum absolute atomic E-state index is 12.8. The molecular weight excluding hydrogens is 280 g/mol. The van der Waals surface area contributed by atoms with Crippen LogP contribution in [0.3, 0.4) is 0 Å². The van der Waals surface area contributed by atoms with Gasteiger partial charge in [-0.3, -0.25) is 9.59 Å². The van der Waals surface area contributed by atoms with E-state index in [1.54, 1.807) is 24.3 Å². The van der Waals surface area contributed by atoms with E-state index < -0.39 is 11.8 Å². The molecule has 2 aromatic rings. The lowest BCUT2D eigenvalue weighted by Crippen LogP contribution is -2.37. The third kappa shape index (κ3) is 1.52. The molecule has 4 heteroatoms. The molecule has 0 bridgehead atoms. The van der Waals surface area contributed by atoms with Crippen LogP contribution in [0.4, 0.5) is 0 Å². The lowest BCUT2D eigenvalue weighted by atomic mass is 9.68. The van der Waals surface area contributed by atoms with Crippen molar-refractivity contribution in [1.29, 1.82) is 0 Å². The van der Waals surface area contributed by atoms with Crippen molar-refractivity contribution in [2.24, 2.45) is 11.8 Å². The van der Waals surface area contributed by atoms with Gasteiger partial charge in [0.1, 0.15) is 11.5 Å². The SMILES string of the molecule is O=C1c2c(c(O)c3ccccc3c2O)C(=O)C2CC=CCC12. The highest BCUT2D eigenvalue weighted by Crippen LogP contribution is 2.47. The maximum Gasteiger partial charge on any atom is 0.171 e. The minimum atomic E-state index is -0.434. The van der Waals surface area contributed by atoms with Crippen LogP contribution in [0.5, 0.6) is 11.5 Å². The second-order valence-electron chi connectivity index (χ2n) is 5.88. The molecule has 2 aliphatic rings. The minimum Gasteiger partial charge on any atom is -0.507 e. The fourth-order valence-corrected chi connectivity index (χ4v) is 3.65. The average molecular weight is 294 g/mol. The normalized spacial score (nSPS) is 23.5. The summed E-state index contributed by atoms with van der Waals surface area (Å²) in [6, 6.07) is 6.70. The molecule has 2 atom stereocenters. The number of rotatable bonds is 0. The number of ketones is 2. The Morgan fingerprint density at radius 3 is 1.59 bits per heavy atom. The van der Waals surface area contributed by atoms with Gasteiger partial charge in [-0.05, 0) is 12.8 Å². The number of carbonyl (C=O) groups is 2. The van der Waals surface area contributed by atoms with Gasteiger partial charge in [0.15, 0.2) is 11.6 Å². The van der Waals surface area contributed by atoms with Crippen molar-refractivity contribution < 1.29 is 19.8 Å². The number of aromatic hydroxyl groups is 2. The molecule has 0 saturated carbocycles. The Hall–Kier alpha value is -2.62. The van der Waals surface area contributed by atoms with Crippen LogP contribution in [0.1, 0.15) is 33.6 Å². The molecule has 2 aliphatic carbocycles. The Balaban J connectivity index is 2.09. The molecule has 0 fully saturated rings. The van der Waals surface area contributed by atoms with E-state index in [9.17, 15) is 19.8 Å². The summed E-state index contributed by atoms with van der Waals surface area (Å²) in [5, 5.41) is 21.8. The Kier molecular flexibility index (Phi) is 2.64. The molecule has 0 heterocycles. The van der Waals surface area contributed by atoms with Gasteiger partial charge in [-0.1, -0.05) is 36.4 Å². The molecule has 0 aromatic heterocycles. The van der Waals surface area contributed by atoms with Crippen LogP contribution < -0.4 is 0 Å². The van der Waals surface area contributed by atoms with Crippen LogP contribution in [-0.4, -0.2) is 21.8 Å². The van der Waals surface area contributed by atoms with E-state index in [4.69, 9.17) is 0 Å². The number of Topliss-reactive ketones (excluding diaryl/α,β-unsaturated/α-hetero) is 2. The zero-order valence-corrected chi connectivity index (χ0v) is 11.7. The quantitative estimate of drug-likeness (QED) is 0.578. The Morgan fingerprint density at radius 1 is 0.773 bits per heavy atom. The third-order valence-corrected chi connectivity index (χ3v) is 4.76. The zero-order valence-electron chi connectivity index (χ0n) is 11.7. The fourth-order valence-electron chi connectivity index (χ4n) is 3.65. The predicted octanol–water partition coefficient (Wildman–Crippen LogP) is 3.21. The number of carbonyl (C=O) groups excluding carboxylic acids is 2. The number of phenols is 2. The molecule has 2 N–H and O–H groups in total. The summed E-state index contributed by atoms with van der Waals surface area (Å²) in [6.45, 7) is 0. The third-order valence-electron chi connectivity index (χ3n) is 4.76. The molecule has 0 radical (unpaired) electrons. The molecule has 4 nitrogen and oxygen atoms in total. The topological polar surface area (TPSA) is 74.6 Å². The number of hydrogen-bond donors (Lipinski definition) is 2. The van der Waals surface area contributed by atoms with Crippen LogP contribution in [-0.2, 0) is 0 Å². The molecule has 4 rings (SSSR count). The van der Waals surface area contributed by atoms with Crippen LogP contribution >= 0.6 is 0 Å². The number of benzene rings is 2. The molecule has 2 aromatic carbocycles. The van der Waals surface area contributed by atoms with E-state index in [1.807, 2.05) is 12.2 Å². The van der Waals surface area contributed by atoms with Gasteiger partial charge in [0.25, 0.3) is 0 Å². The molecule has 22 heavy (non-hydrogen) atoms. The smallest absolute Gasteiger partial charge is 0.171 e. The Bertz CT molecular complexity index is 793. The summed E-state index contributed by atoms with van der Waals surface area (Å²) < 4.78 is 0. The summed E-state index contributed by atoms with van der Waals surface area (Å²) >= 11 is 0. The van der Waals surface area contributed by atoms with Gasteiger partial charge >= 0.3 is 0 Å². The second kappa shape index (κ2) is 4.44. The summed E-state index contributed by atoms with van der Waals surface area (Å²) in [5.74, 6) is -1.76. The van der Waals surface area contributed by atoms with Crippen molar-refractivity contribution in [1.82, 2.24) is 0 Å². The molecule has 110 valence electrons. The summed E-state index contributed by atoms with van der Waals surface area (Å²) in [7, 11) is 0. The number of fused-ring (bicyclic) bond motifs is 3. The molecule has 0 saturated heterocycles. The summed E-state index contributed by atoms with van der Waals surface area (Å²) in [4.78, 5) is 25.5. The van der Waals surface area contributed by atoms with E-state index in [0.717, 1.165) is 0 Å². The van der Waals surface area contributed by atoms with Crippen LogP contribution in [0.2, 0.25) is 0 Å². The molecule has 0 aliphatic heterocycles. The first-order valence-corrected chi connectivity index (χ1v) is 7.31. The van der Waals surface area contributed by atoms with Crippen LogP contribution in [0, 0.1) is 11.8 Å². The standard InChI is InChI=1S/C18H14O4/c19-15-9-5-1-2-6-10(9)16(20)14-13(15)17(21)11-7-3-4-8-12(11)18(14)22/h1-6,11-12,19-20H,7-8H2. The van der Waals surface area contributed by atoms with Gasteiger partial charge < -0.3 is 10.2 Å². The van der Waals surface area contributed by atoms with Gasteiger partial charge in [-0.15, -0.1) is 0 Å². The van der Waals surface area contributed by atoms with E-state index in [1.165, 1.54) is 0 Å². The van der Waals surface area contributed by atoms with Crippen LogP contribution in [0.15, 0.2) is 36.4 Å². The number of phenolic OH excluding ortho intramolecular Hbond substituents is 2. The van der Waals surface area contributed by atoms with Gasteiger partial charge in [0.2, 0.25) is 0 Å². The van der Waals surface area contributed by atoms with Gasteiger partial charge in [0, 0.05) is 22.6 Å². The van der Waals surface area contributed by atoms with Crippen molar-refractivity contribution in [3.63, 3.8) is 0 Å². The highest BCUT2D eigenvalue weighted by Gasteiger charge is 2.44. The van der Waals surface area contributed by atoms with Crippen molar-refractivity contribution in [2.75, 3.05) is 0 Å². The first-order chi connectivity index (χ1) is 10.6. The molecule has 0 amide bonds. The van der Waals surface area contributed by atoms with Gasteiger partial charge in [-0.2, -0.15) is 0 Å². The Labute approximate surface area is 126 Å². The van der Waals surface area contributed by atoms with Gasteiger partial charge in [-0.25, -0.2) is 0 Å². The number of hydrogen-bond acceptors (Lipinski definition) is 4. The van der Waals surface area contributed by atoms with E-state index in [2.05, 4.69) is 0 Å². The number of allylic oxidation sites excluding steroid dienone is 2. The lowest BCUT2D eigenvalue weighted by molar-refractivity contribution is 0.0724. The summed E-state index contributed by atoms with van der Waals surface area (Å²) in [6.07, 6.45) is 4.80. The van der Waals surface area contributed by atoms with Crippen molar-refractivity contribution in [2.45, 2.75) is 12.8 Å². The lowest BCUT2D eigenvalue weighted by Gasteiger charge is -2.32. The van der Waals surface area contributed by atoms with E-state index >= 15 is 0 Å². The monoisotopic (exact) mass is 294 g/mol. The van der Waals surface area contributed by atoms with Crippen molar-refractivity contribution in [3.8, 4) is 11.5 Å². The highest BCUT2D eigenvalue weighted by atomic mass is 16.3. The van der Waals surface area contributed by atoms with E-state index in [-0.39, 0.29) is 34.2 Å². The highest BCUT2D eigenvalue weighted by molar-refractivity contribution is 6.22. The Morgan fingerprint density at radius 2 is 1.18 bits per heavy atom. The zero-order chi connectivity index (χ0) is 15.4. The van der Waals surface area contributed by atoms with E-state index in [0.29, 0.717) is 23.6 Å². The first-order valence-electron chi connectivity index (χ1n) is 7.31. The molecular formula is C18H14O4. The summed E-state index contributed by atoms with van der Waals surface area (Å²) in [5.41, 5.74) is -0.0319. The minimum absolute atomic E-state index is 0.0160. The molecule has 2 unspecified atom stereocenters. The maximum atomic E-state index is 12.8. The first kappa shape index (κ1) is 13.1. The van der Waals surface area contributed by atoms with Crippen molar-refractivity contribution >= 4 is 22.3 Å². The largest absolute Gasteiger partial charge is 0.507 e.